The lowest BCUT2D eigenvalue weighted by Gasteiger charge is -2.05. The van der Waals surface area contributed by atoms with Crippen LogP contribution in [0.4, 0.5) is 0 Å². The molecule has 0 radical (unpaired) electrons. The number of unbranched alkanes of at least 4 members (excludes halogenated alkanes) is 6. The van der Waals surface area contributed by atoms with Crippen LogP contribution >= 0.6 is 0 Å². The minimum absolute atomic E-state index is 0.242. The second kappa shape index (κ2) is 10.4. The highest BCUT2D eigenvalue weighted by Crippen LogP contribution is 2.12. The van der Waals surface area contributed by atoms with Crippen molar-refractivity contribution in [1.82, 2.24) is 0 Å². The minimum Gasteiger partial charge on any atom is -0.411 e. The molecular weight excluding hydrogens is 250 g/mol. The quantitative estimate of drug-likeness (QED) is 0.292. The van der Waals surface area contributed by atoms with Gasteiger partial charge in [-0.25, -0.2) is 0 Å². The highest BCUT2D eigenvalue weighted by Gasteiger charge is 2.02. The van der Waals surface area contributed by atoms with Gasteiger partial charge >= 0.3 is 0 Å². The molecule has 0 bridgehead atoms. The molecule has 0 heterocycles. The van der Waals surface area contributed by atoms with Crippen molar-refractivity contribution in [3.05, 3.63) is 35.4 Å². The molecule has 1 rings (SSSR count). The highest BCUT2D eigenvalue weighted by molar-refractivity contribution is 6.01. The van der Waals surface area contributed by atoms with Gasteiger partial charge in [-0.1, -0.05) is 74.9 Å². The van der Waals surface area contributed by atoms with Gasteiger partial charge in [0, 0.05) is 5.56 Å². The first kappa shape index (κ1) is 16.7. The van der Waals surface area contributed by atoms with E-state index in [2.05, 4.69) is 12.1 Å². The molecule has 0 aliphatic heterocycles. The summed E-state index contributed by atoms with van der Waals surface area (Å²) in [7, 11) is 0. The lowest BCUT2D eigenvalue weighted by molar-refractivity contribution is 0.304. The maximum atomic E-state index is 9.02. The number of aryl methyl sites for hydroxylation is 1. The lowest BCUT2D eigenvalue weighted by Crippen LogP contribution is -2.06. The monoisotopic (exact) mass is 277 g/mol. The number of hydrogen-bond donors (Lipinski definition) is 2. The Morgan fingerprint density at radius 2 is 1.55 bits per heavy atom. The van der Waals surface area contributed by atoms with E-state index >= 15 is 0 Å². The molecule has 0 saturated heterocycles. The third kappa shape index (κ3) is 6.20. The van der Waals surface area contributed by atoms with E-state index in [4.69, 9.17) is 10.3 Å². The van der Waals surface area contributed by atoms with Crippen molar-refractivity contribution < 1.29 is 10.3 Å². The summed E-state index contributed by atoms with van der Waals surface area (Å²) in [5.74, 6) is 0. The van der Waals surface area contributed by atoms with E-state index in [1.165, 1.54) is 50.5 Å². The fourth-order valence-corrected chi connectivity index (χ4v) is 2.33. The number of benzene rings is 1. The van der Waals surface area contributed by atoms with Crippen molar-refractivity contribution in [3.63, 3.8) is 0 Å². The number of aliphatic hydroxyl groups is 1. The molecule has 112 valence electrons. The predicted molar refractivity (Wildman–Crippen MR) is 83.5 cm³/mol. The first-order valence-electron chi connectivity index (χ1n) is 7.73. The Kier molecular flexibility index (Phi) is 8.72. The van der Waals surface area contributed by atoms with Gasteiger partial charge in [-0.15, -0.1) is 0 Å². The van der Waals surface area contributed by atoms with Crippen molar-refractivity contribution in [2.45, 2.75) is 58.3 Å². The van der Waals surface area contributed by atoms with Crippen LogP contribution in [0.3, 0.4) is 0 Å². The third-order valence-electron chi connectivity index (χ3n) is 3.63. The number of aliphatic hydroxyl groups excluding tert-OH is 1. The normalized spacial score (nSPS) is 11.8. The second-order valence-electron chi connectivity index (χ2n) is 5.27. The molecule has 0 atom stereocenters. The summed E-state index contributed by atoms with van der Waals surface area (Å²) in [6.07, 6.45) is 10.4. The molecule has 0 aliphatic carbocycles. The molecule has 20 heavy (non-hydrogen) atoms. The molecule has 2 N–H and O–H groups in total. The third-order valence-corrected chi connectivity index (χ3v) is 3.63. The molecule has 0 aliphatic rings. The molecule has 0 aromatic heterocycles. The summed E-state index contributed by atoms with van der Waals surface area (Å²) in [6.45, 7) is 2.00. The van der Waals surface area contributed by atoms with E-state index < -0.39 is 0 Å². The van der Waals surface area contributed by atoms with E-state index in [9.17, 15) is 0 Å². The van der Waals surface area contributed by atoms with Gasteiger partial charge in [0.05, 0.1) is 6.61 Å². The number of oxime groups is 1. The number of hydrogen-bond acceptors (Lipinski definition) is 3. The number of nitrogens with zero attached hydrogens (tertiary/aromatic N) is 1. The van der Waals surface area contributed by atoms with Crippen molar-refractivity contribution in [1.29, 1.82) is 0 Å². The fraction of sp³-hybridized carbons (Fsp3) is 0.588. The minimum atomic E-state index is -0.242. The molecule has 1 aromatic rings. The maximum Gasteiger partial charge on any atom is 0.112 e. The Bertz CT molecular complexity index is 384. The summed E-state index contributed by atoms with van der Waals surface area (Å²) in [6, 6.07) is 7.91. The van der Waals surface area contributed by atoms with Crippen LogP contribution in [0.2, 0.25) is 0 Å². The zero-order valence-electron chi connectivity index (χ0n) is 12.5. The van der Waals surface area contributed by atoms with Crippen LogP contribution in [0, 0.1) is 0 Å². The van der Waals surface area contributed by atoms with Crippen LogP contribution in [-0.2, 0) is 6.42 Å². The van der Waals surface area contributed by atoms with E-state index in [1.807, 2.05) is 24.3 Å². The van der Waals surface area contributed by atoms with Gasteiger partial charge in [-0.05, 0) is 18.4 Å². The molecular formula is C17H27NO2. The summed E-state index contributed by atoms with van der Waals surface area (Å²) in [5, 5.41) is 20.8. The van der Waals surface area contributed by atoms with E-state index in [-0.39, 0.29) is 6.61 Å². The standard InChI is InChI=1S/C17H27NO2/c1-2-3-4-5-6-7-8-9-15-10-12-16(13-11-15)17(14-19)18-20/h10-13,19-20H,2-9,14H2,1H3. The zero-order chi connectivity index (χ0) is 14.6. The van der Waals surface area contributed by atoms with Crippen LogP contribution in [0.1, 0.15) is 63.0 Å². The van der Waals surface area contributed by atoms with Gasteiger partial charge in [-0.3, -0.25) is 0 Å². The van der Waals surface area contributed by atoms with Crippen LogP contribution in [-0.4, -0.2) is 22.6 Å². The average Bonchev–Trinajstić information content (AvgIpc) is 2.49. The molecule has 0 unspecified atom stereocenters. The van der Waals surface area contributed by atoms with Crippen LogP contribution in [0.25, 0.3) is 0 Å². The van der Waals surface area contributed by atoms with E-state index in [1.54, 1.807) is 0 Å². The molecule has 0 saturated carbocycles. The molecule has 0 amide bonds. The van der Waals surface area contributed by atoms with Crippen LogP contribution in [0.5, 0.6) is 0 Å². The number of rotatable bonds is 10. The van der Waals surface area contributed by atoms with E-state index in [0.717, 1.165) is 12.0 Å². The van der Waals surface area contributed by atoms with Gasteiger partial charge in [0.15, 0.2) is 0 Å². The Hall–Kier alpha value is -1.35. The zero-order valence-corrected chi connectivity index (χ0v) is 12.5. The smallest absolute Gasteiger partial charge is 0.112 e. The first-order chi connectivity index (χ1) is 9.81. The Morgan fingerprint density at radius 3 is 2.10 bits per heavy atom. The molecule has 3 nitrogen and oxygen atoms in total. The maximum absolute atomic E-state index is 9.02. The Balaban J connectivity index is 2.25. The average molecular weight is 277 g/mol. The van der Waals surface area contributed by atoms with Crippen molar-refractivity contribution >= 4 is 5.71 Å². The van der Waals surface area contributed by atoms with Gasteiger partial charge < -0.3 is 10.3 Å². The van der Waals surface area contributed by atoms with Crippen molar-refractivity contribution in [3.8, 4) is 0 Å². The van der Waals surface area contributed by atoms with Crippen LogP contribution < -0.4 is 0 Å². The first-order valence-corrected chi connectivity index (χ1v) is 7.73. The van der Waals surface area contributed by atoms with Gasteiger partial charge in [-0.2, -0.15) is 0 Å². The molecule has 3 heteroatoms. The Morgan fingerprint density at radius 1 is 0.950 bits per heavy atom. The van der Waals surface area contributed by atoms with E-state index in [0.29, 0.717) is 5.71 Å². The molecule has 0 fully saturated rings. The summed E-state index contributed by atoms with van der Waals surface area (Å²) < 4.78 is 0. The van der Waals surface area contributed by atoms with Crippen molar-refractivity contribution in [2.24, 2.45) is 5.16 Å². The largest absolute Gasteiger partial charge is 0.411 e. The SMILES string of the molecule is CCCCCCCCCc1ccc(C(CO)=NO)cc1. The Labute approximate surface area is 122 Å². The van der Waals surface area contributed by atoms with Crippen LogP contribution in [0.15, 0.2) is 29.4 Å². The lowest BCUT2D eigenvalue weighted by atomic mass is 10.0. The summed E-state index contributed by atoms with van der Waals surface area (Å²) in [5.41, 5.74) is 2.39. The molecule has 1 aromatic carbocycles. The van der Waals surface area contributed by atoms with Crippen molar-refractivity contribution in [2.75, 3.05) is 6.61 Å². The van der Waals surface area contributed by atoms with Gasteiger partial charge in [0.1, 0.15) is 5.71 Å². The topological polar surface area (TPSA) is 52.8 Å². The predicted octanol–water partition coefficient (Wildman–Crippen LogP) is 4.15. The van der Waals surface area contributed by atoms with Gasteiger partial charge in [0.25, 0.3) is 0 Å². The summed E-state index contributed by atoms with van der Waals surface area (Å²) in [4.78, 5) is 0. The highest BCUT2D eigenvalue weighted by atomic mass is 16.4. The summed E-state index contributed by atoms with van der Waals surface area (Å²) >= 11 is 0. The second-order valence-corrected chi connectivity index (χ2v) is 5.27. The van der Waals surface area contributed by atoms with Gasteiger partial charge in [0.2, 0.25) is 0 Å². The fourth-order valence-electron chi connectivity index (χ4n) is 2.33. The molecule has 0 spiro atoms.